The molecule has 0 fully saturated rings. The smallest absolute Gasteiger partial charge is 0.161 e. The molecule has 0 bridgehead atoms. The minimum Gasteiger partial charge on any atom is -0.376 e. The normalized spacial score (nSPS) is 12.2. The fourth-order valence-electron chi connectivity index (χ4n) is 1.94. The zero-order chi connectivity index (χ0) is 14.7. The van der Waals surface area contributed by atoms with E-state index in [0.29, 0.717) is 12.5 Å². The summed E-state index contributed by atoms with van der Waals surface area (Å²) in [5, 5.41) is 2.90. The van der Waals surface area contributed by atoms with Gasteiger partial charge in [-0.3, -0.25) is 0 Å². The Bertz CT molecular complexity index is 599. The highest BCUT2D eigenvalue weighted by Crippen LogP contribution is 2.26. The van der Waals surface area contributed by atoms with Crippen molar-refractivity contribution >= 4 is 21.6 Å². The predicted molar refractivity (Wildman–Crippen MR) is 77.1 cm³/mol. The first-order chi connectivity index (χ1) is 9.51. The van der Waals surface area contributed by atoms with E-state index in [1.54, 1.807) is 0 Å². The van der Waals surface area contributed by atoms with Gasteiger partial charge in [-0.15, -0.1) is 0 Å². The second-order valence-electron chi connectivity index (χ2n) is 4.40. The summed E-state index contributed by atoms with van der Waals surface area (Å²) in [6.45, 7) is 1.93. The third kappa shape index (κ3) is 3.33. The minimum atomic E-state index is -1.19. The van der Waals surface area contributed by atoms with Gasteiger partial charge in [-0.2, -0.15) is 0 Å². The topological polar surface area (TPSA) is 12.0 Å². The molecule has 0 heterocycles. The molecule has 2 aromatic rings. The van der Waals surface area contributed by atoms with Gasteiger partial charge in [0.2, 0.25) is 0 Å². The van der Waals surface area contributed by atoms with E-state index in [1.807, 2.05) is 31.2 Å². The number of halogens is 4. The highest BCUT2D eigenvalue weighted by molar-refractivity contribution is 9.10. The average molecular weight is 344 g/mol. The Hall–Kier alpha value is -1.49. The highest BCUT2D eigenvalue weighted by atomic mass is 79.9. The number of rotatable bonds is 4. The van der Waals surface area contributed by atoms with E-state index >= 15 is 0 Å². The van der Waals surface area contributed by atoms with Gasteiger partial charge >= 0.3 is 0 Å². The quantitative estimate of drug-likeness (QED) is 0.730. The van der Waals surface area contributed by atoms with Crippen molar-refractivity contribution in [3.05, 3.63) is 63.9 Å². The van der Waals surface area contributed by atoms with Crippen LogP contribution in [-0.4, -0.2) is 0 Å². The fourth-order valence-corrected chi connectivity index (χ4v) is 2.20. The Morgan fingerprint density at radius 2 is 1.60 bits per heavy atom. The highest BCUT2D eigenvalue weighted by Gasteiger charge is 2.14. The molecule has 1 unspecified atom stereocenters. The molecule has 2 aromatic carbocycles. The molecule has 1 N–H and O–H groups in total. The summed E-state index contributed by atoms with van der Waals surface area (Å²) in [6.07, 6.45) is 0.681. The van der Waals surface area contributed by atoms with E-state index < -0.39 is 17.5 Å². The van der Waals surface area contributed by atoms with Crippen LogP contribution in [0.3, 0.4) is 0 Å². The van der Waals surface area contributed by atoms with E-state index in [2.05, 4.69) is 21.2 Å². The van der Waals surface area contributed by atoms with Crippen molar-refractivity contribution in [2.45, 2.75) is 19.4 Å². The van der Waals surface area contributed by atoms with E-state index in [0.717, 1.165) is 16.1 Å². The molecule has 0 aromatic heterocycles. The second kappa shape index (κ2) is 6.31. The van der Waals surface area contributed by atoms with Crippen LogP contribution in [0.2, 0.25) is 0 Å². The first-order valence-corrected chi connectivity index (χ1v) is 6.97. The standard InChI is InChI=1S/C15H13BrF3N/c1-2-14(9-3-5-10(16)6-4-9)20-15-8-12(18)11(17)7-13(15)19/h3-8,14,20H,2H2,1H3. The summed E-state index contributed by atoms with van der Waals surface area (Å²) in [6, 6.07) is 8.75. The summed E-state index contributed by atoms with van der Waals surface area (Å²) in [5.74, 6) is -3.07. The van der Waals surface area contributed by atoms with Crippen molar-refractivity contribution in [2.75, 3.05) is 5.32 Å². The molecule has 0 radical (unpaired) electrons. The van der Waals surface area contributed by atoms with Gasteiger partial charge in [-0.1, -0.05) is 35.0 Å². The zero-order valence-corrected chi connectivity index (χ0v) is 12.3. The number of hydrogen-bond donors (Lipinski definition) is 1. The number of anilines is 1. The Labute approximate surface area is 123 Å². The summed E-state index contributed by atoms with van der Waals surface area (Å²) < 4.78 is 40.6. The van der Waals surface area contributed by atoms with Gasteiger partial charge in [0.05, 0.1) is 11.7 Å². The van der Waals surface area contributed by atoms with Crippen LogP contribution in [0.5, 0.6) is 0 Å². The maximum absolute atomic E-state index is 13.6. The maximum Gasteiger partial charge on any atom is 0.161 e. The Kier molecular flexibility index (Phi) is 4.70. The lowest BCUT2D eigenvalue weighted by Crippen LogP contribution is -2.11. The molecular weight excluding hydrogens is 331 g/mol. The molecule has 0 spiro atoms. The van der Waals surface area contributed by atoms with Gasteiger partial charge in [-0.05, 0) is 24.1 Å². The van der Waals surface area contributed by atoms with Crippen LogP contribution in [-0.2, 0) is 0 Å². The fraction of sp³-hybridized carbons (Fsp3) is 0.200. The Balaban J connectivity index is 2.26. The molecule has 1 nitrogen and oxygen atoms in total. The first kappa shape index (κ1) is 14.9. The van der Waals surface area contributed by atoms with Gasteiger partial charge < -0.3 is 5.32 Å². The zero-order valence-electron chi connectivity index (χ0n) is 10.8. The minimum absolute atomic E-state index is 0.0429. The molecule has 1 atom stereocenters. The summed E-state index contributed by atoms with van der Waals surface area (Å²) in [7, 11) is 0. The summed E-state index contributed by atoms with van der Waals surface area (Å²) in [4.78, 5) is 0. The van der Waals surface area contributed by atoms with E-state index in [4.69, 9.17) is 0 Å². The van der Waals surface area contributed by atoms with Gasteiger partial charge in [-0.25, -0.2) is 13.2 Å². The third-order valence-electron chi connectivity index (χ3n) is 3.02. The molecule has 106 valence electrons. The monoisotopic (exact) mass is 343 g/mol. The molecular formula is C15H13BrF3N. The maximum atomic E-state index is 13.6. The summed E-state index contributed by atoms with van der Waals surface area (Å²) in [5.41, 5.74) is 0.901. The largest absolute Gasteiger partial charge is 0.376 e. The molecule has 0 saturated heterocycles. The van der Waals surface area contributed by atoms with Gasteiger partial charge in [0.1, 0.15) is 5.82 Å². The van der Waals surface area contributed by atoms with Crippen LogP contribution in [0.1, 0.15) is 24.9 Å². The molecule has 0 amide bonds. The molecule has 20 heavy (non-hydrogen) atoms. The van der Waals surface area contributed by atoms with E-state index in [9.17, 15) is 13.2 Å². The lowest BCUT2D eigenvalue weighted by atomic mass is 10.0. The van der Waals surface area contributed by atoms with Crippen molar-refractivity contribution in [3.8, 4) is 0 Å². The third-order valence-corrected chi connectivity index (χ3v) is 3.55. The first-order valence-electron chi connectivity index (χ1n) is 6.17. The van der Waals surface area contributed by atoms with Gasteiger partial charge in [0.15, 0.2) is 11.6 Å². The Morgan fingerprint density at radius 1 is 1.00 bits per heavy atom. The van der Waals surface area contributed by atoms with Gasteiger partial charge in [0, 0.05) is 16.6 Å². The van der Waals surface area contributed by atoms with Crippen molar-refractivity contribution in [2.24, 2.45) is 0 Å². The molecule has 2 rings (SSSR count). The van der Waals surface area contributed by atoms with Crippen LogP contribution < -0.4 is 5.32 Å². The average Bonchev–Trinajstić information content (AvgIpc) is 2.42. The van der Waals surface area contributed by atoms with Crippen LogP contribution in [0.25, 0.3) is 0 Å². The molecule has 0 aliphatic heterocycles. The van der Waals surface area contributed by atoms with Crippen LogP contribution in [0.4, 0.5) is 18.9 Å². The molecule has 0 saturated carbocycles. The van der Waals surface area contributed by atoms with E-state index in [1.165, 1.54) is 0 Å². The van der Waals surface area contributed by atoms with Crippen molar-refractivity contribution in [1.82, 2.24) is 0 Å². The lowest BCUT2D eigenvalue weighted by molar-refractivity contribution is 0.495. The molecule has 0 aliphatic carbocycles. The van der Waals surface area contributed by atoms with Gasteiger partial charge in [0.25, 0.3) is 0 Å². The lowest BCUT2D eigenvalue weighted by Gasteiger charge is -2.19. The van der Waals surface area contributed by atoms with Crippen LogP contribution in [0, 0.1) is 17.5 Å². The van der Waals surface area contributed by atoms with Crippen molar-refractivity contribution < 1.29 is 13.2 Å². The van der Waals surface area contributed by atoms with Crippen LogP contribution >= 0.6 is 15.9 Å². The SMILES string of the molecule is CCC(Nc1cc(F)c(F)cc1F)c1ccc(Br)cc1. The van der Waals surface area contributed by atoms with Crippen molar-refractivity contribution in [1.29, 1.82) is 0 Å². The van der Waals surface area contributed by atoms with Crippen LogP contribution in [0.15, 0.2) is 40.9 Å². The second-order valence-corrected chi connectivity index (χ2v) is 5.32. The number of benzene rings is 2. The number of hydrogen-bond acceptors (Lipinski definition) is 1. The predicted octanol–water partition coefficient (Wildman–Crippen LogP) is 5.43. The summed E-state index contributed by atoms with van der Waals surface area (Å²) >= 11 is 3.34. The van der Waals surface area contributed by atoms with E-state index in [-0.39, 0.29) is 11.7 Å². The van der Waals surface area contributed by atoms with Crippen molar-refractivity contribution in [3.63, 3.8) is 0 Å². The Morgan fingerprint density at radius 3 is 2.20 bits per heavy atom. The molecule has 5 heteroatoms. The molecule has 0 aliphatic rings. The number of nitrogens with one attached hydrogen (secondary N) is 1.